The Balaban J connectivity index is 3.11. The molecule has 0 saturated carbocycles. The van der Waals surface area contributed by atoms with Crippen molar-refractivity contribution >= 4 is 63.1 Å². The second-order valence-corrected chi connectivity index (χ2v) is 6.87. The molecule has 0 aliphatic carbocycles. The van der Waals surface area contributed by atoms with Crippen molar-refractivity contribution in [1.29, 1.82) is 0 Å². The second kappa shape index (κ2) is 4.94. The van der Waals surface area contributed by atoms with E-state index in [1.54, 1.807) is 6.07 Å². The first kappa shape index (κ1) is 11.7. The molecule has 0 amide bonds. The fourth-order valence-corrected chi connectivity index (χ4v) is 4.07. The fraction of sp³-hybridized carbons (Fsp3) is 0.333. The van der Waals surface area contributed by atoms with Gasteiger partial charge < -0.3 is 0 Å². The average Bonchev–Trinajstić information content (AvgIpc) is 2.47. The normalized spacial score (nSPS) is 12.8. The van der Waals surface area contributed by atoms with Crippen LogP contribution in [0.25, 0.3) is 0 Å². The van der Waals surface area contributed by atoms with Crippen molar-refractivity contribution in [2.75, 3.05) is 0 Å². The quantitative estimate of drug-likeness (QED) is 0.327. The molecule has 1 rings (SSSR count). The number of nitro groups is 1. The summed E-state index contributed by atoms with van der Waals surface area (Å²) in [5.74, 6) is 0. The highest BCUT2D eigenvalue weighted by Crippen LogP contribution is 2.44. The first-order valence-electron chi connectivity index (χ1n) is 3.27. The zero-order valence-electron chi connectivity index (χ0n) is 6.49. The summed E-state index contributed by atoms with van der Waals surface area (Å²) >= 11 is 6.90. The van der Waals surface area contributed by atoms with Gasteiger partial charge >= 0.3 is 0 Å². The Labute approximate surface area is 104 Å². The van der Waals surface area contributed by atoms with E-state index in [1.165, 1.54) is 20.3 Å². The van der Waals surface area contributed by atoms with E-state index in [2.05, 4.69) is 37.1 Å². The zero-order chi connectivity index (χ0) is 10.0. The van der Waals surface area contributed by atoms with E-state index in [1.807, 2.05) is 6.92 Å². The third-order valence-corrected chi connectivity index (χ3v) is 6.32. The van der Waals surface area contributed by atoms with E-state index in [-0.39, 0.29) is 15.4 Å². The Morgan fingerprint density at radius 3 is 2.77 bits per heavy atom. The number of hydrogen-bond donors (Lipinski definition) is 0. The Kier molecular flexibility index (Phi) is 4.46. The summed E-state index contributed by atoms with van der Waals surface area (Å²) in [5.41, 5.74) is 0.214. The topological polar surface area (TPSA) is 43.1 Å². The van der Waals surface area contributed by atoms with Crippen molar-refractivity contribution in [3.8, 4) is 0 Å². The Hall–Kier alpha value is 0.660. The van der Waals surface area contributed by atoms with Crippen LogP contribution in [-0.2, 0) is 0 Å². The third-order valence-electron chi connectivity index (χ3n) is 1.36. The molecule has 7 heteroatoms. The summed E-state index contributed by atoms with van der Waals surface area (Å²) in [4.78, 5) is 11.4. The van der Waals surface area contributed by atoms with Crippen LogP contribution in [0.2, 0.25) is 0 Å². The molecule has 0 bridgehead atoms. The predicted octanol–water partition coefficient (Wildman–Crippen LogP) is 4.55. The van der Waals surface area contributed by atoms with Gasteiger partial charge in [-0.25, -0.2) is 0 Å². The number of thiophene rings is 1. The van der Waals surface area contributed by atoms with E-state index in [4.69, 9.17) is 0 Å². The van der Waals surface area contributed by atoms with Crippen LogP contribution in [0.3, 0.4) is 0 Å². The Bertz CT molecular complexity index is 328. The van der Waals surface area contributed by atoms with Crippen LogP contribution in [-0.4, -0.2) is 4.92 Å². The van der Waals surface area contributed by atoms with Gasteiger partial charge in [0.05, 0.1) is 4.92 Å². The molecule has 0 radical (unpaired) electrons. The monoisotopic (exact) mass is 393 g/mol. The molecule has 0 aromatic carbocycles. The number of hydrogen-bond acceptors (Lipinski definition) is 4. The molecule has 0 aliphatic heterocycles. The second-order valence-electron chi connectivity index (χ2n) is 2.27. The molecule has 1 heterocycles. The lowest BCUT2D eigenvalue weighted by Crippen LogP contribution is -1.85. The fourth-order valence-electron chi connectivity index (χ4n) is 0.761. The molecule has 0 aliphatic rings. The van der Waals surface area contributed by atoms with Gasteiger partial charge in [0.15, 0.2) is 0 Å². The molecular formula is C6H5BrINO2S2. The van der Waals surface area contributed by atoms with Crippen molar-refractivity contribution in [1.82, 2.24) is 0 Å². The SMILES string of the molecule is CC(Br)c1cc([N+](=O)[O-])c(SI)s1. The van der Waals surface area contributed by atoms with E-state index < -0.39 is 0 Å². The molecular weight excluding hydrogens is 389 g/mol. The lowest BCUT2D eigenvalue weighted by Gasteiger charge is -1.93. The molecule has 1 aromatic heterocycles. The van der Waals surface area contributed by atoms with Gasteiger partial charge in [-0.15, -0.1) is 11.3 Å². The standard InChI is InChI=1S/C6H5BrINO2S2/c1-3(7)5-2-4(9(10)11)6(12-5)13-8/h2-3H,1H3. The molecule has 0 N–H and O–H groups in total. The minimum Gasteiger partial charge on any atom is -0.258 e. The minimum atomic E-state index is -0.337. The first-order valence-corrected chi connectivity index (χ1v) is 8.36. The smallest absolute Gasteiger partial charge is 0.258 e. The molecule has 3 nitrogen and oxygen atoms in total. The molecule has 1 atom stereocenters. The van der Waals surface area contributed by atoms with Crippen LogP contribution in [0.1, 0.15) is 16.6 Å². The maximum absolute atomic E-state index is 10.6. The molecule has 1 aromatic rings. The first-order chi connectivity index (χ1) is 6.06. The van der Waals surface area contributed by atoms with Gasteiger partial charge in [-0.05, 0) is 15.9 Å². The summed E-state index contributed by atoms with van der Waals surface area (Å²) in [5, 5.41) is 10.6. The molecule has 72 valence electrons. The lowest BCUT2D eigenvalue weighted by molar-refractivity contribution is -0.387. The van der Waals surface area contributed by atoms with Crippen molar-refractivity contribution in [2.24, 2.45) is 0 Å². The minimum absolute atomic E-state index is 0.175. The molecule has 0 fully saturated rings. The van der Waals surface area contributed by atoms with E-state index >= 15 is 0 Å². The highest BCUT2D eigenvalue weighted by molar-refractivity contribution is 14.2. The van der Waals surface area contributed by atoms with Gasteiger partial charge in [0, 0.05) is 37.0 Å². The van der Waals surface area contributed by atoms with Crippen LogP contribution in [0.4, 0.5) is 5.69 Å². The van der Waals surface area contributed by atoms with Gasteiger partial charge in [-0.3, -0.25) is 10.1 Å². The summed E-state index contributed by atoms with van der Waals surface area (Å²) in [6.07, 6.45) is 0. The van der Waals surface area contributed by atoms with Crippen LogP contribution < -0.4 is 0 Å². The molecule has 0 saturated heterocycles. The van der Waals surface area contributed by atoms with Crippen molar-refractivity contribution in [3.63, 3.8) is 0 Å². The average molecular weight is 394 g/mol. The zero-order valence-corrected chi connectivity index (χ0v) is 11.9. The maximum Gasteiger partial charge on any atom is 0.294 e. The van der Waals surface area contributed by atoms with E-state index in [0.717, 1.165) is 9.09 Å². The maximum atomic E-state index is 10.6. The Morgan fingerprint density at radius 2 is 2.46 bits per heavy atom. The number of nitrogens with zero attached hydrogens (tertiary/aromatic N) is 1. The van der Waals surface area contributed by atoms with E-state index in [9.17, 15) is 10.1 Å². The largest absolute Gasteiger partial charge is 0.294 e. The number of rotatable bonds is 3. The number of alkyl halides is 1. The molecule has 13 heavy (non-hydrogen) atoms. The van der Waals surface area contributed by atoms with Crippen molar-refractivity contribution in [2.45, 2.75) is 16.0 Å². The summed E-state index contributed by atoms with van der Waals surface area (Å²) in [6.45, 7) is 1.96. The van der Waals surface area contributed by atoms with Gasteiger partial charge in [-0.1, -0.05) is 15.9 Å². The highest BCUT2D eigenvalue weighted by Gasteiger charge is 2.20. The van der Waals surface area contributed by atoms with Crippen molar-refractivity contribution in [3.05, 3.63) is 21.1 Å². The van der Waals surface area contributed by atoms with Gasteiger partial charge in [0.2, 0.25) is 0 Å². The summed E-state index contributed by atoms with van der Waals surface area (Å²) in [7, 11) is 1.39. The molecule has 0 spiro atoms. The third kappa shape index (κ3) is 2.80. The highest BCUT2D eigenvalue weighted by atomic mass is 127. The lowest BCUT2D eigenvalue weighted by atomic mass is 10.4. The van der Waals surface area contributed by atoms with Crippen LogP contribution >= 0.6 is 57.4 Å². The number of halogens is 2. The Morgan fingerprint density at radius 1 is 1.85 bits per heavy atom. The van der Waals surface area contributed by atoms with E-state index in [0.29, 0.717) is 0 Å². The van der Waals surface area contributed by atoms with Crippen LogP contribution in [0, 0.1) is 10.1 Å². The van der Waals surface area contributed by atoms with Crippen LogP contribution in [0.15, 0.2) is 10.3 Å². The van der Waals surface area contributed by atoms with Gasteiger partial charge in [-0.2, -0.15) is 0 Å². The molecule has 1 unspecified atom stereocenters. The predicted molar refractivity (Wildman–Crippen MR) is 68.2 cm³/mol. The van der Waals surface area contributed by atoms with Crippen molar-refractivity contribution < 1.29 is 4.92 Å². The summed E-state index contributed by atoms with van der Waals surface area (Å²) < 4.78 is 0.756. The van der Waals surface area contributed by atoms with Gasteiger partial charge in [0.1, 0.15) is 4.21 Å². The van der Waals surface area contributed by atoms with Gasteiger partial charge in [0.25, 0.3) is 5.69 Å². The van der Waals surface area contributed by atoms with Crippen LogP contribution in [0.5, 0.6) is 0 Å². The summed E-state index contributed by atoms with van der Waals surface area (Å²) in [6, 6.07) is 1.63.